The molecule has 2 nitrogen and oxygen atoms in total. The normalized spacial score (nSPS) is 23.7. The molecule has 13 heavy (non-hydrogen) atoms. The third kappa shape index (κ3) is 2.71. The number of likely N-dealkylation sites (tertiary alicyclic amines) is 1. The Balaban J connectivity index is 2.46. The number of hydrogen-bond donors (Lipinski definition) is 0. The minimum Gasteiger partial charge on any atom is -0.342 e. The largest absolute Gasteiger partial charge is 0.342 e. The fraction of sp³-hybridized carbons (Fsp3) is 0.909. The van der Waals surface area contributed by atoms with Crippen molar-refractivity contribution in [3.63, 3.8) is 0 Å². The third-order valence-electron chi connectivity index (χ3n) is 3.06. The molecule has 1 aliphatic rings. The van der Waals surface area contributed by atoms with E-state index in [0.29, 0.717) is 18.2 Å². The van der Waals surface area contributed by atoms with Crippen LogP contribution in [0.2, 0.25) is 0 Å². The van der Waals surface area contributed by atoms with Crippen LogP contribution in [0, 0.1) is 11.8 Å². The molecule has 0 saturated carbocycles. The van der Waals surface area contributed by atoms with Gasteiger partial charge in [0, 0.05) is 19.5 Å². The lowest BCUT2D eigenvalue weighted by Crippen LogP contribution is -2.40. The molecule has 1 fully saturated rings. The molecular formula is C11H21NO. The zero-order valence-corrected chi connectivity index (χ0v) is 9.05. The van der Waals surface area contributed by atoms with Crippen LogP contribution in [0.4, 0.5) is 0 Å². The van der Waals surface area contributed by atoms with E-state index in [9.17, 15) is 4.79 Å². The van der Waals surface area contributed by atoms with Crippen molar-refractivity contribution < 1.29 is 4.79 Å². The SMILES string of the molecule is CCC(=O)N1CCC[C@@H](C(C)C)C1. The van der Waals surface area contributed by atoms with Crippen LogP contribution in [0.25, 0.3) is 0 Å². The molecule has 0 bridgehead atoms. The molecule has 1 saturated heterocycles. The van der Waals surface area contributed by atoms with Crippen LogP contribution < -0.4 is 0 Å². The van der Waals surface area contributed by atoms with E-state index >= 15 is 0 Å². The average Bonchev–Trinajstić information content (AvgIpc) is 2.17. The summed E-state index contributed by atoms with van der Waals surface area (Å²) in [5.74, 6) is 1.77. The number of nitrogens with zero attached hydrogens (tertiary/aromatic N) is 1. The van der Waals surface area contributed by atoms with E-state index < -0.39 is 0 Å². The first kappa shape index (κ1) is 10.6. The van der Waals surface area contributed by atoms with E-state index in [1.807, 2.05) is 11.8 Å². The van der Waals surface area contributed by atoms with E-state index in [0.717, 1.165) is 19.0 Å². The number of hydrogen-bond acceptors (Lipinski definition) is 1. The van der Waals surface area contributed by atoms with Crippen molar-refractivity contribution in [3.05, 3.63) is 0 Å². The number of amides is 1. The molecule has 0 aliphatic carbocycles. The Labute approximate surface area is 81.3 Å². The predicted octanol–water partition coefficient (Wildman–Crippen LogP) is 2.29. The molecule has 0 unspecified atom stereocenters. The molecule has 0 radical (unpaired) electrons. The molecule has 1 amide bonds. The Hall–Kier alpha value is -0.530. The van der Waals surface area contributed by atoms with Crippen molar-refractivity contribution in [2.24, 2.45) is 11.8 Å². The summed E-state index contributed by atoms with van der Waals surface area (Å²) >= 11 is 0. The fourth-order valence-electron chi connectivity index (χ4n) is 2.00. The van der Waals surface area contributed by atoms with E-state index in [-0.39, 0.29) is 0 Å². The molecule has 1 heterocycles. The third-order valence-corrected chi connectivity index (χ3v) is 3.06. The standard InChI is InChI=1S/C11H21NO/c1-4-11(13)12-7-5-6-10(8-12)9(2)3/h9-10H,4-8H2,1-3H3/t10-/m1/s1. The van der Waals surface area contributed by atoms with Gasteiger partial charge in [0.1, 0.15) is 0 Å². The molecule has 76 valence electrons. The van der Waals surface area contributed by atoms with Gasteiger partial charge in [-0.3, -0.25) is 4.79 Å². The number of rotatable bonds is 2. The summed E-state index contributed by atoms with van der Waals surface area (Å²) in [6.45, 7) is 8.43. The molecule has 0 aromatic rings. The van der Waals surface area contributed by atoms with Crippen LogP contribution >= 0.6 is 0 Å². The maximum absolute atomic E-state index is 11.5. The molecule has 0 spiro atoms. The minimum absolute atomic E-state index is 0.324. The van der Waals surface area contributed by atoms with Crippen molar-refractivity contribution >= 4 is 5.91 Å². The van der Waals surface area contributed by atoms with E-state index in [1.54, 1.807) is 0 Å². The van der Waals surface area contributed by atoms with Crippen LogP contribution in [0.1, 0.15) is 40.0 Å². The molecule has 1 rings (SSSR count). The summed E-state index contributed by atoms with van der Waals surface area (Å²) in [5, 5.41) is 0. The van der Waals surface area contributed by atoms with Gasteiger partial charge in [0.2, 0.25) is 5.91 Å². The Bertz CT molecular complexity index is 177. The first-order chi connectivity index (χ1) is 6.15. The van der Waals surface area contributed by atoms with Gasteiger partial charge in [0.05, 0.1) is 0 Å². The second-order valence-electron chi connectivity index (χ2n) is 4.34. The highest BCUT2D eigenvalue weighted by Crippen LogP contribution is 2.23. The van der Waals surface area contributed by atoms with Crippen molar-refractivity contribution in [3.8, 4) is 0 Å². The lowest BCUT2D eigenvalue weighted by atomic mass is 9.88. The molecule has 1 atom stereocenters. The first-order valence-electron chi connectivity index (χ1n) is 5.43. The van der Waals surface area contributed by atoms with Crippen LogP contribution in [0.5, 0.6) is 0 Å². The van der Waals surface area contributed by atoms with Crippen LogP contribution in [0.3, 0.4) is 0 Å². The smallest absolute Gasteiger partial charge is 0.222 e. The van der Waals surface area contributed by atoms with Crippen molar-refractivity contribution in [2.75, 3.05) is 13.1 Å². The second-order valence-corrected chi connectivity index (χ2v) is 4.34. The van der Waals surface area contributed by atoms with E-state index in [4.69, 9.17) is 0 Å². The van der Waals surface area contributed by atoms with Gasteiger partial charge in [0.15, 0.2) is 0 Å². The summed E-state index contributed by atoms with van der Waals surface area (Å²) in [4.78, 5) is 13.5. The quantitative estimate of drug-likeness (QED) is 0.643. The van der Waals surface area contributed by atoms with Gasteiger partial charge >= 0.3 is 0 Å². The highest BCUT2D eigenvalue weighted by atomic mass is 16.2. The highest BCUT2D eigenvalue weighted by Gasteiger charge is 2.24. The molecule has 2 heteroatoms. The number of carbonyl (C=O) groups is 1. The topological polar surface area (TPSA) is 20.3 Å². The zero-order chi connectivity index (χ0) is 9.84. The lowest BCUT2D eigenvalue weighted by Gasteiger charge is -2.34. The fourth-order valence-corrected chi connectivity index (χ4v) is 2.00. The summed E-state index contributed by atoms with van der Waals surface area (Å²) in [6, 6.07) is 0. The predicted molar refractivity (Wildman–Crippen MR) is 54.4 cm³/mol. The van der Waals surface area contributed by atoms with Gasteiger partial charge in [0.25, 0.3) is 0 Å². The van der Waals surface area contributed by atoms with Gasteiger partial charge in [-0.15, -0.1) is 0 Å². The minimum atomic E-state index is 0.324. The Morgan fingerprint density at radius 1 is 1.54 bits per heavy atom. The Morgan fingerprint density at radius 2 is 2.23 bits per heavy atom. The summed E-state index contributed by atoms with van der Waals surface area (Å²) < 4.78 is 0. The van der Waals surface area contributed by atoms with E-state index in [1.165, 1.54) is 12.8 Å². The van der Waals surface area contributed by atoms with Gasteiger partial charge in [-0.2, -0.15) is 0 Å². The van der Waals surface area contributed by atoms with E-state index in [2.05, 4.69) is 13.8 Å². The summed E-state index contributed by atoms with van der Waals surface area (Å²) in [7, 11) is 0. The highest BCUT2D eigenvalue weighted by molar-refractivity contribution is 5.75. The van der Waals surface area contributed by atoms with Gasteiger partial charge in [-0.1, -0.05) is 20.8 Å². The summed E-state index contributed by atoms with van der Waals surface area (Å²) in [5.41, 5.74) is 0. The van der Waals surface area contributed by atoms with Crippen LogP contribution in [0.15, 0.2) is 0 Å². The molecule has 0 aromatic carbocycles. The van der Waals surface area contributed by atoms with Crippen molar-refractivity contribution in [2.45, 2.75) is 40.0 Å². The summed E-state index contributed by atoms with van der Waals surface area (Å²) in [6.07, 6.45) is 3.14. The van der Waals surface area contributed by atoms with Crippen LogP contribution in [-0.4, -0.2) is 23.9 Å². The monoisotopic (exact) mass is 183 g/mol. The first-order valence-corrected chi connectivity index (χ1v) is 5.43. The van der Waals surface area contributed by atoms with Gasteiger partial charge in [-0.25, -0.2) is 0 Å². The van der Waals surface area contributed by atoms with Gasteiger partial charge < -0.3 is 4.90 Å². The molecular weight excluding hydrogens is 162 g/mol. The molecule has 1 aliphatic heterocycles. The van der Waals surface area contributed by atoms with Gasteiger partial charge in [-0.05, 0) is 24.7 Å². The molecule has 0 N–H and O–H groups in total. The van der Waals surface area contributed by atoms with Crippen molar-refractivity contribution in [1.29, 1.82) is 0 Å². The Morgan fingerprint density at radius 3 is 2.77 bits per heavy atom. The number of piperidine rings is 1. The number of carbonyl (C=O) groups excluding carboxylic acids is 1. The molecule has 0 aromatic heterocycles. The average molecular weight is 183 g/mol. The Kier molecular flexibility index (Phi) is 3.76. The van der Waals surface area contributed by atoms with Crippen molar-refractivity contribution in [1.82, 2.24) is 4.90 Å². The van der Waals surface area contributed by atoms with Crippen LogP contribution in [-0.2, 0) is 4.79 Å². The maximum Gasteiger partial charge on any atom is 0.222 e. The lowest BCUT2D eigenvalue weighted by molar-refractivity contribution is -0.132. The maximum atomic E-state index is 11.5. The second kappa shape index (κ2) is 4.64. The zero-order valence-electron chi connectivity index (χ0n) is 9.05.